The van der Waals surface area contributed by atoms with E-state index in [1.54, 1.807) is 7.11 Å². The molecule has 1 N–H and O–H groups in total. The van der Waals surface area contributed by atoms with Crippen molar-refractivity contribution >= 4 is 5.65 Å². The third-order valence-electron chi connectivity index (χ3n) is 3.71. The molecular weight excluding hydrogens is 250 g/mol. The normalized spacial score (nSPS) is 12.2. The van der Waals surface area contributed by atoms with Gasteiger partial charge in [0.25, 0.3) is 0 Å². The lowest BCUT2D eigenvalue weighted by Crippen LogP contribution is -2.30. The first-order valence-corrected chi connectivity index (χ1v) is 7.16. The topological polar surface area (TPSA) is 38.6 Å². The largest absolute Gasteiger partial charge is 0.385 e. The first-order chi connectivity index (χ1) is 9.53. The Hall–Kier alpha value is -1.39. The van der Waals surface area contributed by atoms with Gasteiger partial charge in [-0.15, -0.1) is 0 Å². The molecule has 2 heterocycles. The van der Waals surface area contributed by atoms with Gasteiger partial charge < -0.3 is 14.5 Å². The summed E-state index contributed by atoms with van der Waals surface area (Å²) in [6, 6.07) is 6.10. The third kappa shape index (κ3) is 3.58. The number of methoxy groups -OCH3 is 1. The van der Waals surface area contributed by atoms with E-state index in [1.807, 2.05) is 18.2 Å². The molecule has 0 saturated heterocycles. The molecule has 0 aromatic carbocycles. The van der Waals surface area contributed by atoms with Gasteiger partial charge in [-0.1, -0.05) is 19.9 Å². The zero-order valence-corrected chi connectivity index (χ0v) is 12.9. The van der Waals surface area contributed by atoms with Crippen LogP contribution in [0.25, 0.3) is 5.65 Å². The molecule has 0 atom stereocenters. The molecule has 0 unspecified atom stereocenters. The maximum atomic E-state index is 5.16. The second kappa shape index (κ2) is 6.37. The van der Waals surface area contributed by atoms with Gasteiger partial charge in [-0.2, -0.15) is 0 Å². The van der Waals surface area contributed by atoms with E-state index in [0.717, 1.165) is 37.5 Å². The first-order valence-electron chi connectivity index (χ1n) is 7.16. The molecule has 20 heavy (non-hydrogen) atoms. The zero-order chi connectivity index (χ0) is 14.6. The Morgan fingerprint density at radius 3 is 2.90 bits per heavy atom. The molecule has 2 rings (SSSR count). The number of imidazole rings is 1. The third-order valence-corrected chi connectivity index (χ3v) is 3.71. The summed E-state index contributed by atoms with van der Waals surface area (Å²) in [7, 11) is 1.76. The van der Waals surface area contributed by atoms with Crippen LogP contribution in [0.5, 0.6) is 0 Å². The Morgan fingerprint density at radius 1 is 1.35 bits per heavy atom. The van der Waals surface area contributed by atoms with Crippen LogP contribution in [0.4, 0.5) is 0 Å². The van der Waals surface area contributed by atoms with Crippen molar-refractivity contribution in [3.63, 3.8) is 0 Å². The van der Waals surface area contributed by atoms with Crippen molar-refractivity contribution in [2.45, 2.75) is 33.7 Å². The summed E-state index contributed by atoms with van der Waals surface area (Å²) >= 11 is 0. The fourth-order valence-corrected chi connectivity index (χ4v) is 2.36. The van der Waals surface area contributed by atoms with Crippen LogP contribution in [-0.2, 0) is 11.3 Å². The smallest absolute Gasteiger partial charge is 0.137 e. The van der Waals surface area contributed by atoms with E-state index in [1.165, 1.54) is 5.69 Å². The number of rotatable bonds is 7. The van der Waals surface area contributed by atoms with E-state index >= 15 is 0 Å². The summed E-state index contributed by atoms with van der Waals surface area (Å²) < 4.78 is 7.32. The molecule has 0 saturated carbocycles. The van der Waals surface area contributed by atoms with Crippen LogP contribution in [-0.4, -0.2) is 29.6 Å². The standard InChI is InChI=1S/C16H25N3O/c1-13-14(19-9-6-5-7-15(19)18-13)11-17-12-16(2,3)8-10-20-4/h5-7,9,17H,8,10-12H2,1-4H3. The maximum Gasteiger partial charge on any atom is 0.137 e. The molecular formula is C16H25N3O. The highest BCUT2D eigenvalue weighted by Gasteiger charge is 2.17. The number of nitrogens with zero attached hydrogens (tertiary/aromatic N) is 2. The summed E-state index contributed by atoms with van der Waals surface area (Å²) in [5, 5.41) is 3.55. The predicted octanol–water partition coefficient (Wildman–Crippen LogP) is 2.80. The van der Waals surface area contributed by atoms with E-state index in [-0.39, 0.29) is 5.41 Å². The highest BCUT2D eigenvalue weighted by atomic mass is 16.5. The number of aromatic nitrogens is 2. The molecule has 0 fully saturated rings. The molecule has 0 aliphatic rings. The van der Waals surface area contributed by atoms with Crippen LogP contribution in [0.1, 0.15) is 31.7 Å². The van der Waals surface area contributed by atoms with Crippen molar-refractivity contribution in [2.75, 3.05) is 20.3 Å². The van der Waals surface area contributed by atoms with E-state index in [2.05, 4.69) is 41.7 Å². The van der Waals surface area contributed by atoms with E-state index in [9.17, 15) is 0 Å². The monoisotopic (exact) mass is 275 g/mol. The fourth-order valence-electron chi connectivity index (χ4n) is 2.36. The SMILES string of the molecule is COCCC(C)(C)CNCc1c(C)nc2ccccn12. The minimum atomic E-state index is 0.240. The Kier molecular flexibility index (Phi) is 4.78. The summed E-state index contributed by atoms with van der Waals surface area (Å²) in [5.41, 5.74) is 3.59. The van der Waals surface area contributed by atoms with E-state index < -0.39 is 0 Å². The number of pyridine rings is 1. The number of fused-ring (bicyclic) bond motifs is 1. The van der Waals surface area contributed by atoms with Crippen molar-refractivity contribution in [1.29, 1.82) is 0 Å². The van der Waals surface area contributed by atoms with Gasteiger partial charge in [0.2, 0.25) is 0 Å². The van der Waals surface area contributed by atoms with Crippen LogP contribution in [0, 0.1) is 12.3 Å². The molecule has 4 heteroatoms. The Balaban J connectivity index is 1.98. The molecule has 0 bridgehead atoms. The van der Waals surface area contributed by atoms with Gasteiger partial charge in [-0.25, -0.2) is 4.98 Å². The number of ether oxygens (including phenoxy) is 1. The van der Waals surface area contributed by atoms with Crippen molar-refractivity contribution < 1.29 is 4.74 Å². The summed E-state index contributed by atoms with van der Waals surface area (Å²) in [6.45, 7) is 9.22. The molecule has 0 aliphatic heterocycles. The number of nitrogens with one attached hydrogen (secondary N) is 1. The molecule has 0 radical (unpaired) electrons. The summed E-state index contributed by atoms with van der Waals surface area (Å²) in [6.07, 6.45) is 3.13. The Bertz CT molecular complexity index is 560. The van der Waals surface area contributed by atoms with Crippen molar-refractivity contribution in [3.8, 4) is 0 Å². The number of aryl methyl sites for hydroxylation is 1. The molecule has 2 aromatic rings. The van der Waals surface area contributed by atoms with E-state index in [4.69, 9.17) is 4.74 Å². The quantitative estimate of drug-likeness (QED) is 0.844. The highest BCUT2D eigenvalue weighted by molar-refractivity contribution is 5.42. The van der Waals surface area contributed by atoms with E-state index in [0.29, 0.717) is 0 Å². The van der Waals surface area contributed by atoms with Crippen LogP contribution in [0.15, 0.2) is 24.4 Å². The van der Waals surface area contributed by atoms with Crippen LogP contribution < -0.4 is 5.32 Å². The van der Waals surface area contributed by atoms with Gasteiger partial charge >= 0.3 is 0 Å². The lowest BCUT2D eigenvalue weighted by Gasteiger charge is -2.24. The van der Waals surface area contributed by atoms with Crippen LogP contribution in [0.3, 0.4) is 0 Å². The van der Waals surface area contributed by atoms with Gasteiger partial charge in [0, 0.05) is 33.0 Å². The average molecular weight is 275 g/mol. The van der Waals surface area contributed by atoms with Crippen molar-refractivity contribution in [2.24, 2.45) is 5.41 Å². The number of hydrogen-bond acceptors (Lipinski definition) is 3. The van der Waals surface area contributed by atoms with Gasteiger partial charge in [0.05, 0.1) is 11.4 Å². The minimum absolute atomic E-state index is 0.240. The molecule has 0 spiro atoms. The van der Waals surface area contributed by atoms with Gasteiger partial charge in [-0.3, -0.25) is 0 Å². The molecule has 0 amide bonds. The lowest BCUT2D eigenvalue weighted by atomic mass is 9.90. The van der Waals surface area contributed by atoms with Gasteiger partial charge in [-0.05, 0) is 30.9 Å². The van der Waals surface area contributed by atoms with Gasteiger partial charge in [0.15, 0.2) is 0 Å². The highest BCUT2D eigenvalue weighted by Crippen LogP contribution is 2.19. The molecule has 2 aromatic heterocycles. The average Bonchev–Trinajstić information content (AvgIpc) is 2.73. The summed E-state index contributed by atoms with van der Waals surface area (Å²) in [4.78, 5) is 4.58. The van der Waals surface area contributed by atoms with Crippen molar-refractivity contribution in [1.82, 2.24) is 14.7 Å². The molecule has 4 nitrogen and oxygen atoms in total. The van der Waals surface area contributed by atoms with Crippen LogP contribution in [0.2, 0.25) is 0 Å². The summed E-state index contributed by atoms with van der Waals surface area (Å²) in [5.74, 6) is 0. The minimum Gasteiger partial charge on any atom is -0.385 e. The first kappa shape index (κ1) is 15.0. The maximum absolute atomic E-state index is 5.16. The molecule has 0 aliphatic carbocycles. The van der Waals surface area contributed by atoms with Crippen molar-refractivity contribution in [3.05, 3.63) is 35.8 Å². The fraction of sp³-hybridized carbons (Fsp3) is 0.562. The lowest BCUT2D eigenvalue weighted by molar-refractivity contribution is 0.150. The zero-order valence-electron chi connectivity index (χ0n) is 12.9. The second-order valence-corrected chi connectivity index (χ2v) is 6.08. The van der Waals surface area contributed by atoms with Gasteiger partial charge in [0.1, 0.15) is 5.65 Å². The Morgan fingerprint density at radius 2 is 2.15 bits per heavy atom. The Labute approximate surface area is 121 Å². The second-order valence-electron chi connectivity index (χ2n) is 6.08. The predicted molar refractivity (Wildman–Crippen MR) is 81.9 cm³/mol. The number of hydrogen-bond donors (Lipinski definition) is 1. The van der Waals surface area contributed by atoms with Crippen LogP contribution >= 0.6 is 0 Å². The molecule has 110 valence electrons.